The molecule has 0 spiro atoms. The predicted octanol–water partition coefficient (Wildman–Crippen LogP) is 9.64. The lowest BCUT2D eigenvalue weighted by molar-refractivity contribution is 0.297. The van der Waals surface area contributed by atoms with Crippen LogP contribution in [0.1, 0.15) is 47.9 Å². The van der Waals surface area contributed by atoms with E-state index in [1.807, 2.05) is 72.8 Å². The third-order valence-corrected chi connectivity index (χ3v) is 8.02. The second kappa shape index (κ2) is 12.1. The molecule has 4 nitrogen and oxygen atoms in total. The Morgan fingerprint density at radius 2 is 0.923 bits per heavy atom. The molecule has 0 aliphatic heterocycles. The molecule has 5 heteroatoms. The fraction of sp³-hybridized carbons (Fsp3) is 0.118. The standard InChI is InChI=1S/C34H31O4P/c1-26(28-15-7-3-8-16-28)30-23-24-34(33(25-30)27(2)29-17-9-4-10-18-29)38-39(35,36-31-19-11-5-12-20-31)37-32-21-13-6-14-22-32/h3-27H,1-2H3. The Morgan fingerprint density at radius 1 is 0.487 bits per heavy atom. The highest BCUT2D eigenvalue weighted by Crippen LogP contribution is 2.51. The summed E-state index contributed by atoms with van der Waals surface area (Å²) in [6.07, 6.45) is 0. The highest BCUT2D eigenvalue weighted by molar-refractivity contribution is 7.49. The Hall–Kier alpha value is -4.27. The van der Waals surface area contributed by atoms with E-state index in [9.17, 15) is 4.57 Å². The van der Waals surface area contributed by atoms with Gasteiger partial charge in [0.05, 0.1) is 0 Å². The molecule has 0 N–H and O–H groups in total. The van der Waals surface area contributed by atoms with Crippen molar-refractivity contribution in [3.63, 3.8) is 0 Å². The minimum absolute atomic E-state index is 0.0361. The van der Waals surface area contributed by atoms with Gasteiger partial charge in [-0.05, 0) is 47.0 Å². The maximum Gasteiger partial charge on any atom is 0.647 e. The normalized spacial score (nSPS) is 12.8. The number of rotatable bonds is 10. The van der Waals surface area contributed by atoms with Crippen molar-refractivity contribution in [1.82, 2.24) is 0 Å². The molecule has 0 fully saturated rings. The van der Waals surface area contributed by atoms with Crippen molar-refractivity contribution < 1.29 is 18.1 Å². The topological polar surface area (TPSA) is 44.8 Å². The Morgan fingerprint density at radius 3 is 1.41 bits per heavy atom. The van der Waals surface area contributed by atoms with Crippen LogP contribution < -0.4 is 13.6 Å². The zero-order chi connectivity index (χ0) is 27.1. The highest BCUT2D eigenvalue weighted by atomic mass is 31.2. The lowest BCUT2D eigenvalue weighted by Gasteiger charge is -2.24. The van der Waals surface area contributed by atoms with Gasteiger partial charge < -0.3 is 13.6 Å². The zero-order valence-electron chi connectivity index (χ0n) is 22.0. The van der Waals surface area contributed by atoms with Crippen molar-refractivity contribution in [2.75, 3.05) is 0 Å². The minimum atomic E-state index is -4.14. The van der Waals surface area contributed by atoms with Gasteiger partial charge in [-0.3, -0.25) is 0 Å². The predicted molar refractivity (Wildman–Crippen MR) is 157 cm³/mol. The third kappa shape index (κ3) is 6.60. The quantitative estimate of drug-likeness (QED) is 0.167. The van der Waals surface area contributed by atoms with Gasteiger partial charge in [0.1, 0.15) is 17.2 Å². The molecule has 39 heavy (non-hydrogen) atoms. The van der Waals surface area contributed by atoms with Crippen LogP contribution in [0.25, 0.3) is 0 Å². The lowest BCUT2D eigenvalue weighted by Crippen LogP contribution is -2.10. The van der Waals surface area contributed by atoms with E-state index in [4.69, 9.17) is 13.6 Å². The molecule has 5 rings (SSSR count). The van der Waals surface area contributed by atoms with E-state index >= 15 is 0 Å². The second-order valence-electron chi connectivity index (χ2n) is 9.41. The molecule has 5 aromatic carbocycles. The highest BCUT2D eigenvalue weighted by Gasteiger charge is 2.35. The van der Waals surface area contributed by atoms with Crippen molar-refractivity contribution in [2.24, 2.45) is 0 Å². The Bertz CT molecular complexity index is 1480. The van der Waals surface area contributed by atoms with Crippen molar-refractivity contribution in [3.8, 4) is 17.2 Å². The number of para-hydroxylation sites is 2. The molecule has 2 atom stereocenters. The van der Waals surface area contributed by atoms with Gasteiger partial charge >= 0.3 is 7.82 Å². The molecule has 0 amide bonds. The van der Waals surface area contributed by atoms with E-state index < -0.39 is 7.82 Å². The number of phosphoric acid groups is 1. The maximum atomic E-state index is 14.2. The minimum Gasteiger partial charge on any atom is -0.386 e. The first-order valence-electron chi connectivity index (χ1n) is 13.0. The molecule has 0 bridgehead atoms. The van der Waals surface area contributed by atoms with E-state index in [-0.39, 0.29) is 11.8 Å². The second-order valence-corrected chi connectivity index (χ2v) is 10.9. The van der Waals surface area contributed by atoms with Gasteiger partial charge in [-0.15, -0.1) is 0 Å². The van der Waals surface area contributed by atoms with Gasteiger partial charge in [-0.25, -0.2) is 0 Å². The summed E-state index contributed by atoms with van der Waals surface area (Å²) in [5.74, 6) is 1.36. The molecule has 0 radical (unpaired) electrons. The van der Waals surface area contributed by atoms with E-state index in [0.717, 1.165) is 16.7 Å². The molecule has 0 heterocycles. The molecule has 0 aliphatic rings. The summed E-state index contributed by atoms with van der Waals surface area (Å²) in [7, 11) is -4.14. The Labute approximate surface area is 230 Å². The first-order chi connectivity index (χ1) is 19.0. The smallest absolute Gasteiger partial charge is 0.386 e. The lowest BCUT2D eigenvalue weighted by atomic mass is 9.87. The van der Waals surface area contributed by atoms with Gasteiger partial charge in [0.2, 0.25) is 0 Å². The van der Waals surface area contributed by atoms with Crippen LogP contribution in [0.4, 0.5) is 0 Å². The first-order valence-corrected chi connectivity index (χ1v) is 14.5. The van der Waals surface area contributed by atoms with Crippen molar-refractivity contribution in [2.45, 2.75) is 25.7 Å². The average molecular weight is 535 g/mol. The number of phosphoric ester groups is 1. The van der Waals surface area contributed by atoms with Crippen LogP contribution in [0.3, 0.4) is 0 Å². The van der Waals surface area contributed by atoms with Gasteiger partial charge in [-0.2, -0.15) is 4.57 Å². The van der Waals surface area contributed by atoms with E-state index in [2.05, 4.69) is 56.3 Å². The van der Waals surface area contributed by atoms with Crippen LogP contribution in [-0.4, -0.2) is 0 Å². The number of hydrogen-bond acceptors (Lipinski definition) is 4. The third-order valence-electron chi connectivity index (χ3n) is 6.73. The van der Waals surface area contributed by atoms with Crippen LogP contribution in [0.2, 0.25) is 0 Å². The molecule has 196 valence electrons. The average Bonchev–Trinajstić information content (AvgIpc) is 2.98. The van der Waals surface area contributed by atoms with Crippen LogP contribution in [0, 0.1) is 0 Å². The fourth-order valence-electron chi connectivity index (χ4n) is 4.51. The maximum absolute atomic E-state index is 14.2. The molecule has 0 saturated heterocycles. The molecular formula is C34H31O4P. The van der Waals surface area contributed by atoms with Crippen LogP contribution in [-0.2, 0) is 4.57 Å². The van der Waals surface area contributed by atoms with Crippen LogP contribution >= 0.6 is 7.82 Å². The van der Waals surface area contributed by atoms with Crippen LogP contribution in [0.15, 0.2) is 140 Å². The first kappa shape index (κ1) is 26.3. The Kier molecular flexibility index (Phi) is 8.15. The zero-order valence-corrected chi connectivity index (χ0v) is 22.9. The summed E-state index contributed by atoms with van der Waals surface area (Å²) in [4.78, 5) is 0. The molecule has 5 aromatic rings. The van der Waals surface area contributed by atoms with E-state index in [1.165, 1.54) is 5.56 Å². The summed E-state index contributed by atoms with van der Waals surface area (Å²) in [5, 5.41) is 0. The van der Waals surface area contributed by atoms with Crippen molar-refractivity contribution in [3.05, 3.63) is 162 Å². The van der Waals surface area contributed by atoms with E-state index in [0.29, 0.717) is 17.2 Å². The summed E-state index contributed by atoms with van der Waals surface area (Å²) in [6, 6.07) is 44.5. The molecule has 0 aliphatic carbocycles. The van der Waals surface area contributed by atoms with Gasteiger partial charge in [-0.1, -0.05) is 123 Å². The van der Waals surface area contributed by atoms with Gasteiger partial charge in [0, 0.05) is 17.4 Å². The van der Waals surface area contributed by atoms with Gasteiger partial charge in [0.25, 0.3) is 0 Å². The summed E-state index contributed by atoms with van der Waals surface area (Å²) in [6.45, 7) is 4.31. The van der Waals surface area contributed by atoms with E-state index in [1.54, 1.807) is 24.3 Å². The molecule has 0 saturated carbocycles. The summed E-state index contributed by atoms with van der Waals surface area (Å²) < 4.78 is 32.3. The van der Waals surface area contributed by atoms with Crippen LogP contribution in [0.5, 0.6) is 17.2 Å². The summed E-state index contributed by atoms with van der Waals surface area (Å²) >= 11 is 0. The van der Waals surface area contributed by atoms with Crippen molar-refractivity contribution >= 4 is 7.82 Å². The van der Waals surface area contributed by atoms with Crippen molar-refractivity contribution in [1.29, 1.82) is 0 Å². The fourth-order valence-corrected chi connectivity index (χ4v) is 5.79. The number of hydrogen-bond donors (Lipinski definition) is 0. The monoisotopic (exact) mass is 534 g/mol. The van der Waals surface area contributed by atoms with Gasteiger partial charge in [0.15, 0.2) is 0 Å². The SMILES string of the molecule is CC(c1ccccc1)c1ccc(OP(=O)(Oc2ccccc2)Oc2ccccc2)c(C(C)c2ccccc2)c1. The molecule has 2 unspecified atom stereocenters. The summed E-state index contributed by atoms with van der Waals surface area (Å²) in [5.41, 5.74) is 4.37. The Balaban J connectivity index is 1.56. The number of benzene rings is 5. The largest absolute Gasteiger partial charge is 0.647 e. The molecule has 0 aromatic heterocycles. The molecular weight excluding hydrogens is 503 g/mol.